The average molecular weight is 400 g/mol. The monoisotopic (exact) mass is 399 g/mol. The predicted octanol–water partition coefficient (Wildman–Crippen LogP) is 4.18. The smallest absolute Gasteiger partial charge is 0.341 e. The van der Waals surface area contributed by atoms with E-state index in [4.69, 9.17) is 32.7 Å². The van der Waals surface area contributed by atoms with E-state index in [1.807, 2.05) is 0 Å². The Balaban J connectivity index is 1.91. The summed E-state index contributed by atoms with van der Waals surface area (Å²) in [6.45, 7) is 1.19. The van der Waals surface area contributed by atoms with Gasteiger partial charge in [0.25, 0.3) is 5.91 Å². The Bertz CT molecular complexity index is 829. The Hall–Kier alpha value is -2.31. The van der Waals surface area contributed by atoms with Gasteiger partial charge < -0.3 is 14.8 Å². The van der Waals surface area contributed by atoms with Crippen molar-refractivity contribution in [3.8, 4) is 5.75 Å². The summed E-state index contributed by atoms with van der Waals surface area (Å²) in [4.78, 5) is 23.8. The molecule has 0 aliphatic rings. The Labute approximate surface area is 160 Å². The van der Waals surface area contributed by atoms with Gasteiger partial charge in [-0.15, -0.1) is 0 Å². The second-order valence-corrected chi connectivity index (χ2v) is 6.20. The van der Waals surface area contributed by atoms with Crippen LogP contribution in [-0.2, 0) is 9.53 Å². The molecule has 5 nitrogen and oxygen atoms in total. The Kier molecular flexibility index (Phi) is 6.83. The number of esters is 1. The van der Waals surface area contributed by atoms with E-state index in [0.717, 1.165) is 11.6 Å². The van der Waals surface area contributed by atoms with Crippen LogP contribution >= 0.6 is 23.2 Å². The first-order chi connectivity index (χ1) is 12.3. The van der Waals surface area contributed by atoms with E-state index in [1.54, 1.807) is 25.1 Å². The zero-order valence-corrected chi connectivity index (χ0v) is 15.5. The van der Waals surface area contributed by atoms with Gasteiger partial charge >= 0.3 is 5.97 Å². The second-order valence-electron chi connectivity index (χ2n) is 5.38. The molecule has 0 aliphatic carbocycles. The molecule has 1 amide bonds. The number of ether oxygens (including phenoxy) is 2. The van der Waals surface area contributed by atoms with Crippen LogP contribution in [0.1, 0.15) is 28.9 Å². The molecule has 26 heavy (non-hydrogen) atoms. The van der Waals surface area contributed by atoms with Crippen LogP contribution in [0, 0.1) is 5.82 Å². The lowest BCUT2D eigenvalue weighted by molar-refractivity contribution is -0.124. The fourth-order valence-corrected chi connectivity index (χ4v) is 2.45. The number of carbonyl (C=O) groups excluding carboxylic acids is 2. The minimum atomic E-state index is -0.942. The molecule has 0 saturated heterocycles. The largest absolute Gasteiger partial charge is 0.497 e. The van der Waals surface area contributed by atoms with Crippen LogP contribution in [0.15, 0.2) is 36.4 Å². The number of methoxy groups -OCH3 is 1. The van der Waals surface area contributed by atoms with Gasteiger partial charge in [0.05, 0.1) is 28.8 Å². The van der Waals surface area contributed by atoms with E-state index in [-0.39, 0.29) is 17.4 Å². The molecule has 0 radical (unpaired) electrons. The first-order valence-corrected chi connectivity index (χ1v) is 8.32. The maximum atomic E-state index is 13.8. The highest BCUT2D eigenvalue weighted by atomic mass is 35.5. The third-order valence-electron chi connectivity index (χ3n) is 3.55. The summed E-state index contributed by atoms with van der Waals surface area (Å²) in [5.41, 5.74) is 0.455. The molecule has 0 bridgehead atoms. The number of hydrogen-bond acceptors (Lipinski definition) is 4. The summed E-state index contributed by atoms with van der Waals surface area (Å²) in [6, 6.07) is 8.30. The van der Waals surface area contributed by atoms with E-state index in [9.17, 15) is 14.0 Å². The minimum Gasteiger partial charge on any atom is -0.497 e. The average Bonchev–Trinajstić information content (AvgIpc) is 2.61. The lowest BCUT2D eigenvalue weighted by atomic mass is 10.1. The van der Waals surface area contributed by atoms with Crippen molar-refractivity contribution in [1.29, 1.82) is 0 Å². The van der Waals surface area contributed by atoms with Crippen molar-refractivity contribution in [3.63, 3.8) is 0 Å². The van der Waals surface area contributed by atoms with E-state index in [2.05, 4.69) is 5.32 Å². The summed E-state index contributed by atoms with van der Waals surface area (Å²) in [5.74, 6) is -2.00. The maximum Gasteiger partial charge on any atom is 0.341 e. The van der Waals surface area contributed by atoms with Gasteiger partial charge in [-0.05, 0) is 36.8 Å². The van der Waals surface area contributed by atoms with Gasteiger partial charge in [-0.25, -0.2) is 9.18 Å². The van der Waals surface area contributed by atoms with E-state index >= 15 is 0 Å². The SMILES string of the molecule is COc1ccc(C(=O)OCC(=O)N[C@@H](C)c2ccc(Cl)c(Cl)c2)c(F)c1. The molecule has 0 saturated carbocycles. The van der Waals surface area contributed by atoms with Crippen LogP contribution in [-0.4, -0.2) is 25.6 Å². The molecule has 0 heterocycles. The number of halogens is 3. The summed E-state index contributed by atoms with van der Waals surface area (Å²) < 4.78 is 23.5. The zero-order valence-electron chi connectivity index (χ0n) is 14.0. The molecule has 0 spiro atoms. The van der Waals surface area contributed by atoms with Gasteiger partial charge in [-0.2, -0.15) is 0 Å². The van der Waals surface area contributed by atoms with Crippen LogP contribution in [0.4, 0.5) is 4.39 Å². The molecular formula is C18H16Cl2FNO4. The van der Waals surface area contributed by atoms with Crippen molar-refractivity contribution in [3.05, 3.63) is 63.4 Å². The first-order valence-electron chi connectivity index (χ1n) is 7.56. The van der Waals surface area contributed by atoms with Crippen molar-refractivity contribution in [2.24, 2.45) is 0 Å². The van der Waals surface area contributed by atoms with E-state index in [1.165, 1.54) is 19.2 Å². The molecule has 2 rings (SSSR count). The van der Waals surface area contributed by atoms with Gasteiger partial charge in [0.2, 0.25) is 0 Å². The van der Waals surface area contributed by atoms with E-state index < -0.39 is 24.3 Å². The third kappa shape index (κ3) is 5.09. The second kappa shape index (κ2) is 8.87. The minimum absolute atomic E-state index is 0.271. The number of nitrogens with one attached hydrogen (secondary N) is 1. The highest BCUT2D eigenvalue weighted by molar-refractivity contribution is 6.42. The van der Waals surface area contributed by atoms with Gasteiger partial charge in [-0.3, -0.25) is 4.79 Å². The number of rotatable bonds is 6. The molecular weight excluding hydrogens is 384 g/mol. The molecule has 0 fully saturated rings. The molecule has 2 aromatic carbocycles. The lowest BCUT2D eigenvalue weighted by Gasteiger charge is -2.15. The highest BCUT2D eigenvalue weighted by Crippen LogP contribution is 2.25. The summed E-state index contributed by atoms with van der Waals surface area (Å²) in [7, 11) is 1.38. The molecule has 138 valence electrons. The van der Waals surface area contributed by atoms with E-state index in [0.29, 0.717) is 10.0 Å². The number of amides is 1. The standard InChI is InChI=1S/C18H16Cl2FNO4/c1-10(11-3-6-14(19)15(20)7-11)22-17(23)9-26-18(24)13-5-4-12(25-2)8-16(13)21/h3-8,10H,9H2,1-2H3,(H,22,23)/t10-/m0/s1. The number of benzene rings is 2. The van der Waals surface area contributed by atoms with Crippen molar-refractivity contribution in [2.45, 2.75) is 13.0 Å². The van der Waals surface area contributed by atoms with Crippen LogP contribution in [0.5, 0.6) is 5.75 Å². The Morgan fingerprint density at radius 3 is 2.50 bits per heavy atom. The molecule has 8 heteroatoms. The summed E-state index contributed by atoms with van der Waals surface area (Å²) in [5, 5.41) is 3.43. The van der Waals surface area contributed by atoms with Gasteiger partial charge in [-0.1, -0.05) is 29.3 Å². The highest BCUT2D eigenvalue weighted by Gasteiger charge is 2.17. The Morgan fingerprint density at radius 2 is 1.88 bits per heavy atom. The maximum absolute atomic E-state index is 13.8. The van der Waals surface area contributed by atoms with Crippen molar-refractivity contribution >= 4 is 35.1 Å². The molecule has 1 atom stereocenters. The van der Waals surface area contributed by atoms with Crippen LogP contribution in [0.3, 0.4) is 0 Å². The van der Waals surface area contributed by atoms with Gasteiger partial charge in [0, 0.05) is 6.07 Å². The lowest BCUT2D eigenvalue weighted by Crippen LogP contribution is -2.31. The molecule has 0 aromatic heterocycles. The predicted molar refractivity (Wildman–Crippen MR) is 96.3 cm³/mol. The molecule has 0 unspecified atom stereocenters. The normalized spacial score (nSPS) is 11.6. The number of carbonyl (C=O) groups is 2. The fourth-order valence-electron chi connectivity index (χ4n) is 2.15. The number of hydrogen-bond donors (Lipinski definition) is 1. The molecule has 0 aliphatic heterocycles. The van der Waals surface area contributed by atoms with Crippen molar-refractivity contribution in [2.75, 3.05) is 13.7 Å². The molecule has 1 N–H and O–H groups in total. The third-order valence-corrected chi connectivity index (χ3v) is 4.29. The van der Waals surface area contributed by atoms with Crippen molar-refractivity contribution in [1.82, 2.24) is 5.32 Å². The van der Waals surface area contributed by atoms with Gasteiger partial charge in [0.1, 0.15) is 11.6 Å². The summed E-state index contributed by atoms with van der Waals surface area (Å²) in [6.07, 6.45) is 0. The van der Waals surface area contributed by atoms with Gasteiger partial charge in [0.15, 0.2) is 6.61 Å². The van der Waals surface area contributed by atoms with Crippen molar-refractivity contribution < 1.29 is 23.5 Å². The molecule has 2 aromatic rings. The van der Waals surface area contributed by atoms with Crippen LogP contribution in [0.2, 0.25) is 10.0 Å². The summed E-state index contributed by atoms with van der Waals surface area (Å²) >= 11 is 11.8. The van der Waals surface area contributed by atoms with Crippen LogP contribution in [0.25, 0.3) is 0 Å². The zero-order chi connectivity index (χ0) is 19.3. The fraction of sp³-hybridized carbons (Fsp3) is 0.222. The van der Waals surface area contributed by atoms with Crippen LogP contribution < -0.4 is 10.1 Å². The Morgan fingerprint density at radius 1 is 1.15 bits per heavy atom. The topological polar surface area (TPSA) is 64.6 Å². The first kappa shape index (κ1) is 20.0. The quantitative estimate of drug-likeness (QED) is 0.740.